The molecular weight excluding hydrogens is 447 g/mol. The maximum Gasteiger partial charge on any atom is 0.122 e. The fourth-order valence-electron chi connectivity index (χ4n) is 4.16. The van der Waals surface area contributed by atoms with Crippen molar-refractivity contribution in [3.05, 3.63) is 36.9 Å². The van der Waals surface area contributed by atoms with Crippen molar-refractivity contribution in [3.8, 4) is 0 Å². The summed E-state index contributed by atoms with van der Waals surface area (Å²) in [7, 11) is 3.61. The van der Waals surface area contributed by atoms with Gasteiger partial charge in [-0.15, -0.1) is 24.4 Å². The van der Waals surface area contributed by atoms with Crippen LogP contribution in [0.3, 0.4) is 0 Å². The van der Waals surface area contributed by atoms with Gasteiger partial charge in [-0.2, -0.15) is 0 Å². The van der Waals surface area contributed by atoms with E-state index in [1.54, 1.807) is 45.1 Å². The largest absolute Gasteiger partial charge is 0.384 e. The molecule has 0 spiro atoms. The highest BCUT2D eigenvalue weighted by Crippen LogP contribution is 2.44. The van der Waals surface area contributed by atoms with Gasteiger partial charge in [0.25, 0.3) is 0 Å². The van der Waals surface area contributed by atoms with Gasteiger partial charge >= 0.3 is 0 Å². The molecule has 1 aliphatic rings. The maximum atomic E-state index is 14.2. The van der Waals surface area contributed by atoms with Crippen molar-refractivity contribution < 1.29 is 9.23 Å². The summed E-state index contributed by atoms with van der Waals surface area (Å²) in [6.07, 6.45) is 6.98. The van der Waals surface area contributed by atoms with Gasteiger partial charge in [0.1, 0.15) is 11.8 Å². The molecule has 0 aliphatic heterocycles. The number of hydrogen-bond donors (Lipinski definition) is 5. The molecule has 32 heavy (non-hydrogen) atoms. The van der Waals surface area contributed by atoms with Crippen LogP contribution in [0.5, 0.6) is 0 Å². The quantitative estimate of drug-likeness (QED) is 0.175. The number of alkyl halides is 1. The lowest BCUT2D eigenvalue weighted by Crippen LogP contribution is -2.41. The van der Waals surface area contributed by atoms with Gasteiger partial charge in [-0.1, -0.05) is 19.9 Å². The second-order valence-corrected chi connectivity index (χ2v) is 10.4. The number of hydrazine groups is 1. The average molecular weight is 485 g/mol. The normalized spacial score (nSPS) is 23.5. The summed E-state index contributed by atoms with van der Waals surface area (Å²) in [4.78, 5) is 14.0. The first kappa shape index (κ1) is 26.8. The van der Waals surface area contributed by atoms with Gasteiger partial charge in [-0.25, -0.2) is 9.87 Å². The molecule has 1 heterocycles. The molecule has 0 saturated heterocycles. The Bertz CT molecular complexity index is 788. The Morgan fingerprint density at radius 1 is 1.50 bits per heavy atom. The number of halogens is 1. The van der Waals surface area contributed by atoms with Crippen LogP contribution in [0.25, 0.3) is 5.70 Å². The molecule has 7 nitrogen and oxygen atoms in total. The van der Waals surface area contributed by atoms with Gasteiger partial charge in [-0.05, 0) is 32.3 Å². The lowest BCUT2D eigenvalue weighted by Gasteiger charge is -2.28. The van der Waals surface area contributed by atoms with E-state index in [4.69, 9.17) is 10.7 Å². The number of pyridine rings is 1. The minimum Gasteiger partial charge on any atom is -0.384 e. The third-order valence-electron chi connectivity index (χ3n) is 5.48. The first-order chi connectivity index (χ1) is 15.1. The van der Waals surface area contributed by atoms with E-state index in [1.165, 1.54) is 0 Å². The molecule has 0 amide bonds. The van der Waals surface area contributed by atoms with Crippen molar-refractivity contribution in [2.45, 2.75) is 66.5 Å². The highest BCUT2D eigenvalue weighted by Gasteiger charge is 2.43. The van der Waals surface area contributed by atoms with Crippen LogP contribution >= 0.6 is 24.4 Å². The van der Waals surface area contributed by atoms with Crippen LogP contribution < -0.4 is 22.1 Å². The Kier molecular flexibility index (Phi) is 10.2. The third-order valence-corrected chi connectivity index (χ3v) is 7.13. The van der Waals surface area contributed by atoms with E-state index in [0.717, 1.165) is 28.3 Å². The molecule has 1 fully saturated rings. The minimum absolute atomic E-state index is 0.0151. The average Bonchev–Trinajstić information content (AvgIpc) is 3.03. The van der Waals surface area contributed by atoms with Gasteiger partial charge < -0.3 is 15.6 Å². The molecule has 5 N–H and O–H groups in total. The van der Waals surface area contributed by atoms with Gasteiger partial charge in [0, 0.05) is 47.7 Å². The number of nitrogens with two attached hydrogens (primary N) is 1. The summed E-state index contributed by atoms with van der Waals surface area (Å²) in [5.41, 5.74) is 5.46. The monoisotopic (exact) mass is 484 g/mol. The summed E-state index contributed by atoms with van der Waals surface area (Å²) in [6, 6.07) is 2.12. The Morgan fingerprint density at radius 2 is 2.22 bits per heavy atom. The molecular formula is C22H37FN6OS2. The van der Waals surface area contributed by atoms with Crippen molar-refractivity contribution in [2.75, 3.05) is 20.6 Å². The fraction of sp³-hybridized carbons (Fsp3) is 0.591. The molecule has 4 atom stereocenters. The predicted molar refractivity (Wildman–Crippen MR) is 134 cm³/mol. The van der Waals surface area contributed by atoms with E-state index >= 15 is 0 Å². The molecule has 10 heteroatoms. The molecule has 2 rings (SSSR count). The molecule has 1 saturated carbocycles. The first-order valence-electron chi connectivity index (χ1n) is 10.8. The Morgan fingerprint density at radius 3 is 2.81 bits per heavy atom. The smallest absolute Gasteiger partial charge is 0.122 e. The van der Waals surface area contributed by atoms with E-state index in [1.807, 2.05) is 24.2 Å². The zero-order valence-corrected chi connectivity index (χ0v) is 21.3. The number of thiol groups is 1. The van der Waals surface area contributed by atoms with Crippen LogP contribution in [0, 0.1) is 5.92 Å². The molecule has 1 aromatic rings. The van der Waals surface area contributed by atoms with E-state index < -0.39 is 5.67 Å². The van der Waals surface area contributed by atoms with Crippen molar-refractivity contribution in [1.29, 1.82) is 0 Å². The lowest BCUT2D eigenvalue weighted by atomic mass is 10.00. The zero-order chi connectivity index (χ0) is 23.9. The van der Waals surface area contributed by atoms with E-state index in [0.29, 0.717) is 11.6 Å². The Hall–Kier alpha value is -1.46. The highest BCUT2D eigenvalue weighted by atomic mass is 32.2. The van der Waals surface area contributed by atoms with Gasteiger partial charge in [0.05, 0.1) is 24.0 Å². The van der Waals surface area contributed by atoms with Crippen LogP contribution in [-0.4, -0.2) is 53.6 Å². The predicted octanol–water partition coefficient (Wildman–Crippen LogP) is 3.32. The molecule has 0 bridgehead atoms. The van der Waals surface area contributed by atoms with Gasteiger partial charge in [-0.3, -0.25) is 15.7 Å². The third kappa shape index (κ3) is 7.28. The fourth-order valence-corrected chi connectivity index (χ4v) is 6.06. The SMILES string of the molecule is C=C(c1ncc(S)cc1SC1CC(ONC)C(N/C=C\NN)C1CC)N(C)CC(C)(C)F. The Balaban J connectivity index is 2.29. The van der Waals surface area contributed by atoms with Crippen molar-refractivity contribution in [2.24, 2.45) is 11.8 Å². The summed E-state index contributed by atoms with van der Waals surface area (Å²) < 4.78 is 14.2. The van der Waals surface area contributed by atoms with Gasteiger partial charge in [0.2, 0.25) is 0 Å². The molecule has 4 unspecified atom stereocenters. The number of hydroxylamine groups is 1. The molecule has 0 radical (unpaired) electrons. The van der Waals surface area contributed by atoms with E-state index in [9.17, 15) is 4.39 Å². The summed E-state index contributed by atoms with van der Waals surface area (Å²) in [5, 5.41) is 3.71. The molecule has 0 aromatic carbocycles. The second kappa shape index (κ2) is 12.1. The standard InChI is InChI=1S/C22H37FN6OS2/c1-7-16-18(11-17(30-25-5)21(16)26-8-9-28-24)32-19-10-15(31)12-27-20(19)14(2)29(6)13-22(3,4)23/h8-10,12,16-18,21,25-26,28,31H,2,7,11,13,24H2,1,3-6H3/b9-8-. The number of thioether (sulfide) groups is 1. The number of aromatic nitrogens is 1. The van der Waals surface area contributed by atoms with Crippen LogP contribution in [0.2, 0.25) is 0 Å². The molecule has 1 aromatic heterocycles. The molecule has 1 aliphatic carbocycles. The topological polar surface area (TPSA) is 87.5 Å². The second-order valence-electron chi connectivity index (χ2n) is 8.58. The number of hydrogen-bond acceptors (Lipinski definition) is 9. The minimum atomic E-state index is -1.34. The van der Waals surface area contributed by atoms with E-state index in [2.05, 4.69) is 47.3 Å². The Labute approximate surface area is 201 Å². The molecule has 180 valence electrons. The van der Waals surface area contributed by atoms with Crippen LogP contribution in [0.1, 0.15) is 39.3 Å². The van der Waals surface area contributed by atoms with Crippen LogP contribution in [0.4, 0.5) is 4.39 Å². The van der Waals surface area contributed by atoms with Crippen molar-refractivity contribution in [3.63, 3.8) is 0 Å². The maximum absolute atomic E-state index is 14.2. The summed E-state index contributed by atoms with van der Waals surface area (Å²) >= 11 is 6.26. The highest BCUT2D eigenvalue weighted by molar-refractivity contribution is 8.00. The first-order valence-corrected chi connectivity index (χ1v) is 12.1. The van der Waals surface area contributed by atoms with Crippen molar-refractivity contribution >= 4 is 30.1 Å². The van der Waals surface area contributed by atoms with Gasteiger partial charge in [0.15, 0.2) is 0 Å². The van der Waals surface area contributed by atoms with Crippen molar-refractivity contribution in [1.82, 2.24) is 26.1 Å². The summed E-state index contributed by atoms with van der Waals surface area (Å²) in [5.74, 6) is 5.69. The lowest BCUT2D eigenvalue weighted by molar-refractivity contribution is -0.0229. The van der Waals surface area contributed by atoms with Crippen LogP contribution in [0.15, 0.2) is 41.0 Å². The number of nitrogens with one attached hydrogen (secondary N) is 3. The number of rotatable bonds is 12. The van der Waals surface area contributed by atoms with E-state index in [-0.39, 0.29) is 23.9 Å². The summed E-state index contributed by atoms with van der Waals surface area (Å²) in [6.45, 7) is 9.74. The number of nitrogens with zero attached hydrogens (tertiary/aromatic N) is 2. The van der Waals surface area contributed by atoms with Crippen LogP contribution in [-0.2, 0) is 4.84 Å². The zero-order valence-electron chi connectivity index (χ0n) is 19.6.